The van der Waals surface area contributed by atoms with Crippen molar-refractivity contribution in [3.8, 4) is 0 Å². The number of thioether (sulfide) groups is 1. The third-order valence-electron chi connectivity index (χ3n) is 1.77. The van der Waals surface area contributed by atoms with Gasteiger partial charge in [0.05, 0.1) is 6.54 Å². The van der Waals surface area contributed by atoms with Crippen LogP contribution in [-0.4, -0.2) is 38.5 Å². The van der Waals surface area contributed by atoms with E-state index in [1.165, 1.54) is 0 Å². The van der Waals surface area contributed by atoms with E-state index in [-0.39, 0.29) is 0 Å². The van der Waals surface area contributed by atoms with Gasteiger partial charge in [-0.15, -0.1) is 5.10 Å². The Morgan fingerprint density at radius 1 is 1.40 bits per heavy atom. The van der Waals surface area contributed by atoms with E-state index >= 15 is 0 Å². The van der Waals surface area contributed by atoms with Crippen molar-refractivity contribution in [3.63, 3.8) is 0 Å². The summed E-state index contributed by atoms with van der Waals surface area (Å²) < 4.78 is 1.85. The van der Waals surface area contributed by atoms with Crippen molar-refractivity contribution in [1.29, 1.82) is 0 Å². The smallest absolute Gasteiger partial charge is 0.209 e. The second-order valence-electron chi connectivity index (χ2n) is 3.60. The van der Waals surface area contributed by atoms with Gasteiger partial charge in [0.2, 0.25) is 5.16 Å². The molecule has 1 aromatic heterocycles. The van der Waals surface area contributed by atoms with Crippen LogP contribution in [0.2, 0.25) is 0 Å². The maximum atomic E-state index is 3.99. The maximum Gasteiger partial charge on any atom is 0.209 e. The molecular formula is C9H19N5S. The molecule has 6 heteroatoms. The number of nitrogens with one attached hydrogen (secondary N) is 1. The van der Waals surface area contributed by atoms with Crippen LogP contribution >= 0.6 is 11.8 Å². The van der Waals surface area contributed by atoms with E-state index in [2.05, 4.69) is 41.6 Å². The van der Waals surface area contributed by atoms with Gasteiger partial charge < -0.3 is 5.32 Å². The molecule has 1 rings (SSSR count). The zero-order valence-electron chi connectivity index (χ0n) is 9.60. The number of tetrazole rings is 1. The predicted octanol–water partition coefficient (Wildman–Crippen LogP) is 1.17. The summed E-state index contributed by atoms with van der Waals surface area (Å²) in [5, 5.41) is 16.4. The minimum Gasteiger partial charge on any atom is -0.315 e. The molecule has 0 radical (unpaired) electrons. The van der Waals surface area contributed by atoms with Crippen LogP contribution in [0.15, 0.2) is 5.16 Å². The first-order valence-corrected chi connectivity index (χ1v) is 6.25. The Morgan fingerprint density at radius 2 is 2.20 bits per heavy atom. The lowest BCUT2D eigenvalue weighted by Crippen LogP contribution is -2.21. The van der Waals surface area contributed by atoms with Crippen molar-refractivity contribution in [2.75, 3.05) is 13.1 Å². The van der Waals surface area contributed by atoms with Crippen LogP contribution in [-0.2, 0) is 6.54 Å². The molecule has 0 spiro atoms. The second-order valence-corrected chi connectivity index (χ2v) is 5.14. The third kappa shape index (κ3) is 4.61. The summed E-state index contributed by atoms with van der Waals surface area (Å²) in [5.41, 5.74) is 0. The maximum absolute atomic E-state index is 3.99. The van der Waals surface area contributed by atoms with Gasteiger partial charge in [-0.2, -0.15) is 0 Å². The summed E-state index contributed by atoms with van der Waals surface area (Å²) in [7, 11) is 0. The predicted molar refractivity (Wildman–Crippen MR) is 62.0 cm³/mol. The molecule has 0 fully saturated rings. The van der Waals surface area contributed by atoms with Crippen LogP contribution in [0.5, 0.6) is 0 Å². The molecule has 0 aliphatic heterocycles. The number of aromatic nitrogens is 4. The molecule has 0 aliphatic rings. The largest absolute Gasteiger partial charge is 0.315 e. The van der Waals surface area contributed by atoms with Gasteiger partial charge in [-0.3, -0.25) is 0 Å². The topological polar surface area (TPSA) is 55.6 Å². The van der Waals surface area contributed by atoms with Crippen LogP contribution in [0, 0.1) is 0 Å². The van der Waals surface area contributed by atoms with Crippen molar-refractivity contribution in [2.24, 2.45) is 0 Å². The van der Waals surface area contributed by atoms with Crippen LogP contribution in [0.3, 0.4) is 0 Å². The summed E-state index contributed by atoms with van der Waals surface area (Å²) in [6.45, 7) is 9.24. The monoisotopic (exact) mass is 229 g/mol. The standard InChI is InChI=1S/C9H19N5S/c1-4-5-10-6-7-14-9(11-12-13-14)15-8(2)3/h8,10H,4-7H2,1-3H3. The van der Waals surface area contributed by atoms with E-state index in [0.29, 0.717) is 5.25 Å². The average Bonchev–Trinajstić information content (AvgIpc) is 2.59. The fourth-order valence-electron chi connectivity index (χ4n) is 1.12. The van der Waals surface area contributed by atoms with Crippen LogP contribution in [0.1, 0.15) is 27.2 Å². The highest BCUT2D eigenvalue weighted by molar-refractivity contribution is 7.99. The van der Waals surface area contributed by atoms with Crippen LogP contribution in [0.25, 0.3) is 0 Å². The van der Waals surface area contributed by atoms with Gasteiger partial charge in [-0.1, -0.05) is 32.5 Å². The summed E-state index contributed by atoms with van der Waals surface area (Å²) in [4.78, 5) is 0. The highest BCUT2D eigenvalue weighted by Crippen LogP contribution is 2.18. The Kier molecular flexibility index (Phi) is 5.63. The van der Waals surface area contributed by atoms with Gasteiger partial charge in [0.1, 0.15) is 0 Å². The number of hydrogen-bond acceptors (Lipinski definition) is 5. The first-order chi connectivity index (χ1) is 7.24. The highest BCUT2D eigenvalue weighted by atomic mass is 32.2. The lowest BCUT2D eigenvalue weighted by Gasteiger charge is -2.06. The van der Waals surface area contributed by atoms with E-state index in [9.17, 15) is 0 Å². The summed E-state index contributed by atoms with van der Waals surface area (Å²) in [6, 6.07) is 0. The molecule has 1 aromatic rings. The highest BCUT2D eigenvalue weighted by Gasteiger charge is 2.07. The molecule has 1 heterocycles. The number of nitrogens with zero attached hydrogens (tertiary/aromatic N) is 4. The molecule has 5 nitrogen and oxygen atoms in total. The van der Waals surface area contributed by atoms with Gasteiger partial charge in [-0.05, 0) is 23.4 Å². The molecule has 0 saturated carbocycles. The Hall–Kier alpha value is -0.620. The molecule has 1 N–H and O–H groups in total. The van der Waals surface area contributed by atoms with Crippen LogP contribution in [0.4, 0.5) is 0 Å². The van der Waals surface area contributed by atoms with E-state index in [1.807, 2.05) is 4.68 Å². The quantitative estimate of drug-likeness (QED) is 0.562. The minimum absolute atomic E-state index is 0.512. The number of rotatable bonds is 7. The van der Waals surface area contributed by atoms with Crippen molar-refractivity contribution < 1.29 is 0 Å². The van der Waals surface area contributed by atoms with Crippen molar-refractivity contribution in [2.45, 2.75) is 44.1 Å². The molecule has 0 bridgehead atoms. The van der Waals surface area contributed by atoms with E-state index in [0.717, 1.165) is 31.2 Å². The van der Waals surface area contributed by atoms with E-state index < -0.39 is 0 Å². The average molecular weight is 229 g/mol. The van der Waals surface area contributed by atoms with E-state index in [4.69, 9.17) is 0 Å². The molecule has 0 unspecified atom stereocenters. The first-order valence-electron chi connectivity index (χ1n) is 5.37. The van der Waals surface area contributed by atoms with Crippen molar-refractivity contribution in [1.82, 2.24) is 25.5 Å². The minimum atomic E-state index is 0.512. The molecule has 86 valence electrons. The van der Waals surface area contributed by atoms with Gasteiger partial charge in [0, 0.05) is 11.8 Å². The summed E-state index contributed by atoms with van der Waals surface area (Å²) in [5.74, 6) is 0. The second kappa shape index (κ2) is 6.79. The van der Waals surface area contributed by atoms with Gasteiger partial charge in [-0.25, -0.2) is 4.68 Å². The van der Waals surface area contributed by atoms with Gasteiger partial charge in [0.15, 0.2) is 0 Å². The van der Waals surface area contributed by atoms with Gasteiger partial charge in [0.25, 0.3) is 0 Å². The Labute approximate surface area is 95.0 Å². The number of hydrogen-bond donors (Lipinski definition) is 1. The molecule has 0 aromatic carbocycles. The lowest BCUT2D eigenvalue weighted by molar-refractivity contribution is 0.510. The Balaban J connectivity index is 2.36. The molecule has 0 aliphatic carbocycles. The van der Waals surface area contributed by atoms with E-state index in [1.54, 1.807) is 11.8 Å². The zero-order chi connectivity index (χ0) is 11.1. The summed E-state index contributed by atoms with van der Waals surface area (Å²) in [6.07, 6.45) is 1.16. The zero-order valence-corrected chi connectivity index (χ0v) is 10.4. The normalized spacial score (nSPS) is 11.2. The Bertz CT molecular complexity index is 273. The van der Waals surface area contributed by atoms with Crippen molar-refractivity contribution in [3.05, 3.63) is 0 Å². The SMILES string of the molecule is CCCNCCn1nnnc1SC(C)C. The van der Waals surface area contributed by atoms with Crippen LogP contribution < -0.4 is 5.32 Å². The molecule has 0 saturated heterocycles. The molecule has 15 heavy (non-hydrogen) atoms. The Morgan fingerprint density at radius 3 is 2.87 bits per heavy atom. The van der Waals surface area contributed by atoms with Crippen molar-refractivity contribution >= 4 is 11.8 Å². The summed E-state index contributed by atoms with van der Waals surface area (Å²) >= 11 is 1.69. The fourth-order valence-corrected chi connectivity index (χ4v) is 1.87. The molecule has 0 atom stereocenters. The fraction of sp³-hybridized carbons (Fsp3) is 0.889. The lowest BCUT2D eigenvalue weighted by atomic mass is 10.5. The molecule has 0 amide bonds. The third-order valence-corrected chi connectivity index (χ3v) is 2.74. The van der Waals surface area contributed by atoms with Gasteiger partial charge >= 0.3 is 0 Å². The molecular weight excluding hydrogens is 210 g/mol. The first kappa shape index (κ1) is 12.4.